The Labute approximate surface area is 174 Å². The molecule has 3 rings (SSSR count). The zero-order chi connectivity index (χ0) is 20.6. The fourth-order valence-electron chi connectivity index (χ4n) is 3.03. The van der Waals surface area contributed by atoms with Crippen LogP contribution in [0.4, 0.5) is 10.1 Å². The zero-order valence-electron chi connectivity index (χ0n) is 15.9. The molecule has 0 saturated carbocycles. The molecule has 8 heteroatoms. The van der Waals surface area contributed by atoms with Gasteiger partial charge in [-0.25, -0.2) is 4.39 Å². The predicted molar refractivity (Wildman–Crippen MR) is 110 cm³/mol. The zero-order valence-corrected chi connectivity index (χ0v) is 16.7. The molecule has 0 unspecified atom stereocenters. The van der Waals surface area contributed by atoms with E-state index in [0.717, 1.165) is 18.8 Å². The van der Waals surface area contributed by atoms with Crippen LogP contribution in [0.3, 0.4) is 0 Å². The van der Waals surface area contributed by atoms with Crippen LogP contribution in [-0.2, 0) is 9.59 Å². The summed E-state index contributed by atoms with van der Waals surface area (Å²) in [7, 11) is 0. The second-order valence-corrected chi connectivity index (χ2v) is 7.11. The lowest BCUT2D eigenvalue weighted by atomic mass is 10.2. The lowest BCUT2D eigenvalue weighted by Gasteiger charge is -2.36. The second kappa shape index (κ2) is 10.1. The number of benzene rings is 2. The van der Waals surface area contributed by atoms with Gasteiger partial charge in [0.05, 0.1) is 19.6 Å². The number of amides is 2. The number of halogens is 2. The van der Waals surface area contributed by atoms with E-state index in [9.17, 15) is 14.0 Å². The van der Waals surface area contributed by atoms with Crippen molar-refractivity contribution in [2.24, 2.45) is 0 Å². The minimum Gasteiger partial charge on any atom is -0.493 e. The van der Waals surface area contributed by atoms with E-state index in [2.05, 4.69) is 10.2 Å². The number of carbonyl (C=O) groups excluding carboxylic acids is 2. The van der Waals surface area contributed by atoms with Crippen molar-refractivity contribution >= 4 is 29.1 Å². The number of hydrogen-bond donors (Lipinski definition) is 1. The van der Waals surface area contributed by atoms with Crippen LogP contribution in [0, 0.1) is 5.82 Å². The summed E-state index contributed by atoms with van der Waals surface area (Å²) in [6.07, 6.45) is 0.120. The van der Waals surface area contributed by atoms with Crippen molar-refractivity contribution in [3.63, 3.8) is 0 Å². The maximum atomic E-state index is 12.8. The first-order valence-electron chi connectivity index (χ1n) is 9.44. The van der Waals surface area contributed by atoms with E-state index in [1.54, 1.807) is 4.90 Å². The summed E-state index contributed by atoms with van der Waals surface area (Å²) in [4.78, 5) is 28.2. The third kappa shape index (κ3) is 6.35. The van der Waals surface area contributed by atoms with E-state index in [-0.39, 0.29) is 37.2 Å². The Morgan fingerprint density at radius 1 is 1.00 bits per heavy atom. The highest BCUT2D eigenvalue weighted by atomic mass is 35.5. The van der Waals surface area contributed by atoms with Gasteiger partial charge in [-0.15, -0.1) is 0 Å². The number of nitrogens with zero attached hydrogens (tertiary/aromatic N) is 2. The van der Waals surface area contributed by atoms with Crippen molar-refractivity contribution in [3.05, 3.63) is 59.4 Å². The highest BCUT2D eigenvalue weighted by Crippen LogP contribution is 2.19. The van der Waals surface area contributed by atoms with Crippen LogP contribution in [0.15, 0.2) is 48.5 Å². The van der Waals surface area contributed by atoms with Crippen molar-refractivity contribution < 1.29 is 18.7 Å². The van der Waals surface area contributed by atoms with Crippen LogP contribution in [0.2, 0.25) is 5.02 Å². The summed E-state index contributed by atoms with van der Waals surface area (Å²) in [5.41, 5.74) is 1.08. The molecular formula is C21H23ClFN3O3. The first-order valence-corrected chi connectivity index (χ1v) is 9.82. The Morgan fingerprint density at radius 2 is 1.66 bits per heavy atom. The molecule has 2 aromatic carbocycles. The highest BCUT2D eigenvalue weighted by molar-refractivity contribution is 6.30. The van der Waals surface area contributed by atoms with Gasteiger partial charge in [0.15, 0.2) is 0 Å². The van der Waals surface area contributed by atoms with Crippen molar-refractivity contribution in [2.75, 3.05) is 44.2 Å². The van der Waals surface area contributed by atoms with Crippen LogP contribution in [0.25, 0.3) is 0 Å². The molecule has 1 aliphatic heterocycles. The molecule has 2 amide bonds. The minimum absolute atomic E-state index is 0.0314. The molecule has 1 aliphatic rings. The molecule has 0 radical (unpaired) electrons. The fourth-order valence-corrected chi connectivity index (χ4v) is 3.16. The van der Waals surface area contributed by atoms with Gasteiger partial charge >= 0.3 is 0 Å². The predicted octanol–water partition coefficient (Wildman–Crippen LogP) is 2.71. The van der Waals surface area contributed by atoms with Gasteiger partial charge in [-0.2, -0.15) is 0 Å². The van der Waals surface area contributed by atoms with Gasteiger partial charge in [0.2, 0.25) is 11.8 Å². The molecule has 0 bridgehead atoms. The first-order chi connectivity index (χ1) is 14.0. The smallest absolute Gasteiger partial charge is 0.242 e. The van der Waals surface area contributed by atoms with E-state index in [1.165, 1.54) is 24.3 Å². The molecule has 0 aromatic heterocycles. The molecule has 1 fully saturated rings. The average molecular weight is 420 g/mol. The summed E-state index contributed by atoms with van der Waals surface area (Å²) in [6, 6.07) is 13.2. The van der Waals surface area contributed by atoms with Crippen LogP contribution >= 0.6 is 11.6 Å². The van der Waals surface area contributed by atoms with E-state index in [4.69, 9.17) is 16.3 Å². The van der Waals surface area contributed by atoms with Gasteiger partial charge in [-0.1, -0.05) is 11.6 Å². The minimum atomic E-state index is -0.345. The molecule has 2 aromatic rings. The molecule has 1 saturated heterocycles. The van der Waals surface area contributed by atoms with Crippen LogP contribution in [0.5, 0.6) is 5.75 Å². The summed E-state index contributed by atoms with van der Waals surface area (Å²) in [5.74, 6) is -0.217. The van der Waals surface area contributed by atoms with E-state index >= 15 is 0 Å². The molecule has 1 N–H and O–H groups in total. The number of rotatable bonds is 7. The van der Waals surface area contributed by atoms with Crippen LogP contribution in [-0.4, -0.2) is 56.0 Å². The number of hydrogen-bond acceptors (Lipinski definition) is 4. The topological polar surface area (TPSA) is 61.9 Å². The van der Waals surface area contributed by atoms with Gasteiger partial charge in [0.25, 0.3) is 0 Å². The lowest BCUT2D eigenvalue weighted by Crippen LogP contribution is -2.51. The number of anilines is 1. The van der Waals surface area contributed by atoms with Crippen molar-refractivity contribution in [3.8, 4) is 5.75 Å². The Kier molecular flexibility index (Phi) is 7.30. The number of carbonyl (C=O) groups is 2. The fraction of sp³-hybridized carbons (Fsp3) is 0.333. The van der Waals surface area contributed by atoms with Gasteiger partial charge in [-0.3, -0.25) is 9.59 Å². The molecule has 154 valence electrons. The van der Waals surface area contributed by atoms with Gasteiger partial charge < -0.3 is 19.9 Å². The first kappa shape index (κ1) is 20.9. The third-order valence-electron chi connectivity index (χ3n) is 4.67. The van der Waals surface area contributed by atoms with Crippen molar-refractivity contribution in [1.29, 1.82) is 0 Å². The number of ether oxygens (including phenoxy) is 1. The Balaban J connectivity index is 1.33. The normalized spacial score (nSPS) is 13.9. The third-order valence-corrected chi connectivity index (χ3v) is 4.92. The van der Waals surface area contributed by atoms with Crippen LogP contribution in [0.1, 0.15) is 6.42 Å². The van der Waals surface area contributed by atoms with Crippen molar-refractivity contribution in [1.82, 2.24) is 10.2 Å². The van der Waals surface area contributed by atoms with Gasteiger partial charge in [0, 0.05) is 36.9 Å². The summed E-state index contributed by atoms with van der Waals surface area (Å²) < 4.78 is 18.2. The molecular weight excluding hydrogens is 397 g/mol. The molecule has 1 heterocycles. The summed E-state index contributed by atoms with van der Waals surface area (Å²) in [6.45, 7) is 2.79. The SMILES string of the molecule is O=C(CCOc1ccc(F)cc1)NCC(=O)N1CCN(c2ccc(Cl)cc2)CC1. The Bertz CT molecular complexity index is 822. The maximum Gasteiger partial charge on any atom is 0.242 e. The van der Waals surface area contributed by atoms with E-state index in [1.807, 2.05) is 24.3 Å². The standard InChI is InChI=1S/C21H23ClFN3O3/c22-16-1-5-18(6-2-16)25-10-12-26(13-11-25)21(28)15-24-20(27)9-14-29-19-7-3-17(23)4-8-19/h1-8H,9-15H2,(H,24,27). The van der Waals surface area contributed by atoms with Crippen molar-refractivity contribution in [2.45, 2.75) is 6.42 Å². The quantitative estimate of drug-likeness (QED) is 0.749. The largest absolute Gasteiger partial charge is 0.493 e. The molecule has 6 nitrogen and oxygen atoms in total. The lowest BCUT2D eigenvalue weighted by molar-refractivity contribution is -0.133. The monoisotopic (exact) mass is 419 g/mol. The number of piperazine rings is 1. The molecule has 0 spiro atoms. The second-order valence-electron chi connectivity index (χ2n) is 6.67. The van der Waals surface area contributed by atoms with Gasteiger partial charge in [-0.05, 0) is 48.5 Å². The summed E-state index contributed by atoms with van der Waals surface area (Å²) >= 11 is 5.92. The Hall–Kier alpha value is -2.80. The number of nitrogens with one attached hydrogen (secondary N) is 1. The molecule has 0 aliphatic carbocycles. The van der Waals surface area contributed by atoms with Crippen LogP contribution < -0.4 is 15.0 Å². The maximum absolute atomic E-state index is 12.8. The Morgan fingerprint density at radius 3 is 2.31 bits per heavy atom. The molecule has 29 heavy (non-hydrogen) atoms. The highest BCUT2D eigenvalue weighted by Gasteiger charge is 2.21. The molecule has 0 atom stereocenters. The van der Waals surface area contributed by atoms with Gasteiger partial charge in [0.1, 0.15) is 11.6 Å². The van der Waals surface area contributed by atoms with E-state index in [0.29, 0.717) is 23.9 Å². The average Bonchev–Trinajstić information content (AvgIpc) is 2.74. The summed E-state index contributed by atoms with van der Waals surface area (Å²) in [5, 5.41) is 3.32. The van der Waals surface area contributed by atoms with E-state index < -0.39 is 0 Å².